The fraction of sp³-hybridized carbons (Fsp3) is 0.263. The summed E-state index contributed by atoms with van der Waals surface area (Å²) in [6, 6.07) is 10.6. The van der Waals surface area contributed by atoms with Gasteiger partial charge in [0.25, 0.3) is 5.91 Å². The van der Waals surface area contributed by atoms with Crippen LogP contribution >= 0.6 is 23.2 Å². The largest absolute Gasteiger partial charge is 0.336 e. The number of nitrogens with zero attached hydrogens (tertiary/aromatic N) is 2. The van der Waals surface area contributed by atoms with Crippen LogP contribution in [0.15, 0.2) is 42.5 Å². The van der Waals surface area contributed by atoms with Crippen LogP contribution in [0.25, 0.3) is 0 Å². The van der Waals surface area contributed by atoms with E-state index < -0.39 is 0 Å². The van der Waals surface area contributed by atoms with Crippen molar-refractivity contribution in [2.45, 2.75) is 0 Å². The van der Waals surface area contributed by atoms with Gasteiger partial charge in [-0.3, -0.25) is 14.5 Å². The van der Waals surface area contributed by atoms with E-state index in [0.29, 0.717) is 42.5 Å². The lowest BCUT2D eigenvalue weighted by Crippen LogP contribution is -2.50. The summed E-state index contributed by atoms with van der Waals surface area (Å²) in [6.45, 7) is 2.33. The zero-order chi connectivity index (χ0) is 19.4. The normalized spacial score (nSPS) is 14.9. The molecule has 142 valence electrons. The van der Waals surface area contributed by atoms with E-state index in [2.05, 4.69) is 5.32 Å². The Balaban J connectivity index is 1.51. The molecule has 8 heteroatoms. The highest BCUT2D eigenvalue weighted by atomic mass is 35.5. The minimum atomic E-state index is -0.353. The number of carbonyl (C=O) groups is 2. The summed E-state index contributed by atoms with van der Waals surface area (Å²) in [5.74, 6) is -0.703. The quantitative estimate of drug-likeness (QED) is 0.839. The first kappa shape index (κ1) is 19.6. The molecule has 27 heavy (non-hydrogen) atoms. The van der Waals surface area contributed by atoms with Crippen molar-refractivity contribution in [3.63, 3.8) is 0 Å². The molecule has 2 aromatic rings. The van der Waals surface area contributed by atoms with E-state index in [4.69, 9.17) is 23.2 Å². The Hall–Kier alpha value is -2.15. The van der Waals surface area contributed by atoms with E-state index in [1.54, 1.807) is 23.1 Å². The van der Waals surface area contributed by atoms with Crippen LogP contribution in [0.2, 0.25) is 10.0 Å². The van der Waals surface area contributed by atoms with Crippen LogP contribution in [0.4, 0.5) is 10.1 Å². The number of amides is 2. The molecule has 0 radical (unpaired) electrons. The molecule has 1 heterocycles. The average molecular weight is 410 g/mol. The van der Waals surface area contributed by atoms with Crippen LogP contribution < -0.4 is 5.32 Å². The third kappa shape index (κ3) is 4.97. The van der Waals surface area contributed by atoms with E-state index >= 15 is 0 Å². The van der Waals surface area contributed by atoms with Crippen LogP contribution in [-0.4, -0.2) is 54.3 Å². The molecule has 1 aliphatic rings. The van der Waals surface area contributed by atoms with Crippen LogP contribution in [-0.2, 0) is 4.79 Å². The monoisotopic (exact) mass is 409 g/mol. The summed E-state index contributed by atoms with van der Waals surface area (Å²) in [7, 11) is 0. The summed E-state index contributed by atoms with van der Waals surface area (Å²) in [6.07, 6.45) is 0. The second-order valence-electron chi connectivity index (χ2n) is 6.22. The first-order valence-electron chi connectivity index (χ1n) is 8.45. The van der Waals surface area contributed by atoms with Crippen molar-refractivity contribution in [1.82, 2.24) is 9.80 Å². The van der Waals surface area contributed by atoms with Crippen LogP contribution in [0.3, 0.4) is 0 Å². The lowest BCUT2D eigenvalue weighted by atomic mass is 10.1. The van der Waals surface area contributed by atoms with Gasteiger partial charge in [0, 0.05) is 31.9 Å². The van der Waals surface area contributed by atoms with Crippen molar-refractivity contribution in [1.29, 1.82) is 0 Å². The number of halogens is 3. The molecule has 2 amide bonds. The molecule has 0 unspecified atom stereocenters. The van der Waals surface area contributed by atoms with E-state index in [9.17, 15) is 14.0 Å². The predicted molar refractivity (Wildman–Crippen MR) is 104 cm³/mol. The lowest BCUT2D eigenvalue weighted by molar-refractivity contribution is -0.117. The minimum Gasteiger partial charge on any atom is -0.336 e. The van der Waals surface area contributed by atoms with Crippen molar-refractivity contribution in [2.75, 3.05) is 38.0 Å². The molecule has 0 atom stereocenters. The molecule has 0 bridgehead atoms. The second-order valence-corrected chi connectivity index (χ2v) is 7.01. The van der Waals surface area contributed by atoms with E-state index in [0.717, 1.165) is 0 Å². The number of nitrogens with one attached hydrogen (secondary N) is 1. The molecule has 0 aromatic heterocycles. The van der Waals surface area contributed by atoms with Gasteiger partial charge in [0.2, 0.25) is 5.91 Å². The van der Waals surface area contributed by atoms with Gasteiger partial charge in [-0.2, -0.15) is 0 Å². The number of rotatable bonds is 4. The maximum atomic E-state index is 12.9. The van der Waals surface area contributed by atoms with Crippen LogP contribution in [0, 0.1) is 5.82 Å². The third-order valence-corrected chi connectivity index (χ3v) is 5.16. The molecule has 1 aliphatic heterocycles. The maximum absolute atomic E-state index is 12.9. The molecule has 1 N–H and O–H groups in total. The number of piperazine rings is 1. The SMILES string of the molecule is O=C(CN1CCN(C(=O)c2cccc(Cl)c2Cl)CC1)Nc1ccc(F)cc1. The number of anilines is 1. The Morgan fingerprint density at radius 1 is 1.00 bits per heavy atom. The van der Waals surface area contributed by atoms with Gasteiger partial charge in [-0.1, -0.05) is 29.3 Å². The zero-order valence-corrected chi connectivity index (χ0v) is 15.9. The summed E-state index contributed by atoms with van der Waals surface area (Å²) < 4.78 is 12.9. The Morgan fingerprint density at radius 2 is 1.67 bits per heavy atom. The Kier molecular flexibility index (Phi) is 6.31. The fourth-order valence-corrected chi connectivity index (χ4v) is 3.27. The molecule has 5 nitrogen and oxygen atoms in total. The summed E-state index contributed by atoms with van der Waals surface area (Å²) in [5.41, 5.74) is 0.928. The maximum Gasteiger partial charge on any atom is 0.255 e. The molecule has 1 saturated heterocycles. The Labute approximate surface area is 166 Å². The Morgan fingerprint density at radius 3 is 2.33 bits per heavy atom. The highest BCUT2D eigenvalue weighted by Gasteiger charge is 2.25. The molecule has 0 saturated carbocycles. The van der Waals surface area contributed by atoms with Gasteiger partial charge in [0.05, 0.1) is 22.2 Å². The average Bonchev–Trinajstić information content (AvgIpc) is 2.66. The van der Waals surface area contributed by atoms with Gasteiger partial charge in [-0.25, -0.2) is 4.39 Å². The fourth-order valence-electron chi connectivity index (χ4n) is 2.89. The predicted octanol–water partition coefficient (Wildman–Crippen LogP) is 3.53. The van der Waals surface area contributed by atoms with Crippen molar-refractivity contribution < 1.29 is 14.0 Å². The highest BCUT2D eigenvalue weighted by Crippen LogP contribution is 2.26. The highest BCUT2D eigenvalue weighted by molar-refractivity contribution is 6.43. The van der Waals surface area contributed by atoms with Gasteiger partial charge >= 0.3 is 0 Å². The summed E-state index contributed by atoms with van der Waals surface area (Å²) in [4.78, 5) is 28.4. The first-order chi connectivity index (χ1) is 12.9. The van der Waals surface area contributed by atoms with Crippen LogP contribution in [0.1, 0.15) is 10.4 Å². The van der Waals surface area contributed by atoms with Crippen molar-refractivity contribution >= 4 is 40.7 Å². The smallest absolute Gasteiger partial charge is 0.255 e. The van der Waals surface area contributed by atoms with Gasteiger partial charge in [0.1, 0.15) is 5.82 Å². The standard InChI is InChI=1S/C19H18Cl2FN3O2/c20-16-3-1-2-15(18(16)21)19(27)25-10-8-24(9-11-25)12-17(26)23-14-6-4-13(22)5-7-14/h1-7H,8-12H2,(H,23,26). The van der Waals surface area contributed by atoms with E-state index in [1.807, 2.05) is 4.90 Å². The number of hydrogen-bond donors (Lipinski definition) is 1. The van der Waals surface area contributed by atoms with Gasteiger partial charge in [-0.15, -0.1) is 0 Å². The molecule has 0 aliphatic carbocycles. The topological polar surface area (TPSA) is 52.7 Å². The molecular formula is C19H18Cl2FN3O2. The van der Waals surface area contributed by atoms with E-state index in [1.165, 1.54) is 24.3 Å². The second kappa shape index (κ2) is 8.69. The molecular weight excluding hydrogens is 392 g/mol. The van der Waals surface area contributed by atoms with Crippen molar-refractivity contribution in [3.8, 4) is 0 Å². The molecule has 0 spiro atoms. The minimum absolute atomic E-state index is 0.169. The Bertz CT molecular complexity index is 837. The van der Waals surface area contributed by atoms with E-state index in [-0.39, 0.29) is 29.2 Å². The van der Waals surface area contributed by atoms with Gasteiger partial charge in [0.15, 0.2) is 0 Å². The number of benzene rings is 2. The zero-order valence-electron chi connectivity index (χ0n) is 14.4. The summed E-state index contributed by atoms with van der Waals surface area (Å²) >= 11 is 12.1. The number of hydrogen-bond acceptors (Lipinski definition) is 3. The number of carbonyl (C=O) groups excluding carboxylic acids is 2. The van der Waals surface area contributed by atoms with Crippen LogP contribution in [0.5, 0.6) is 0 Å². The lowest BCUT2D eigenvalue weighted by Gasteiger charge is -2.34. The molecule has 3 rings (SSSR count). The van der Waals surface area contributed by atoms with Crippen molar-refractivity contribution in [3.05, 3.63) is 63.9 Å². The molecule has 1 fully saturated rings. The first-order valence-corrected chi connectivity index (χ1v) is 9.20. The summed E-state index contributed by atoms with van der Waals surface area (Å²) in [5, 5.41) is 3.33. The molecule has 2 aromatic carbocycles. The van der Waals surface area contributed by atoms with Gasteiger partial charge in [-0.05, 0) is 36.4 Å². The third-order valence-electron chi connectivity index (χ3n) is 4.34. The van der Waals surface area contributed by atoms with Crippen molar-refractivity contribution in [2.24, 2.45) is 0 Å². The van der Waals surface area contributed by atoms with Gasteiger partial charge < -0.3 is 10.2 Å².